The molecule has 0 atom stereocenters. The molecule has 2 aromatic carbocycles. The van der Waals surface area contributed by atoms with Crippen LogP contribution in [-0.2, 0) is 4.79 Å². The molecule has 0 bridgehead atoms. The fraction of sp³-hybridized carbons (Fsp3) is 0.0952. The second-order valence-electron chi connectivity index (χ2n) is 6.11. The molecule has 3 aromatic rings. The van der Waals surface area contributed by atoms with Gasteiger partial charge in [0.05, 0.1) is 4.47 Å². The van der Waals surface area contributed by atoms with E-state index in [0.29, 0.717) is 21.6 Å². The minimum Gasteiger partial charge on any atom is -0.437 e. The first kappa shape index (κ1) is 20.5. The molecular formula is C21H17BrFN3O3. The number of carbonyl (C=O) groups is 2. The van der Waals surface area contributed by atoms with Crippen LogP contribution in [0.15, 0.2) is 65.3 Å². The lowest BCUT2D eigenvalue weighted by atomic mass is 10.2. The van der Waals surface area contributed by atoms with Gasteiger partial charge in [-0.15, -0.1) is 0 Å². The maximum Gasteiger partial charge on any atom is 0.261 e. The van der Waals surface area contributed by atoms with Gasteiger partial charge in [0.2, 0.25) is 11.8 Å². The van der Waals surface area contributed by atoms with Crippen molar-refractivity contribution in [3.8, 4) is 11.6 Å². The molecule has 29 heavy (non-hydrogen) atoms. The minimum absolute atomic E-state index is 0.0882. The molecule has 0 saturated carbocycles. The SMILES string of the molecule is CC(=O)N(C)c1ccc(NC(=O)c2cccnc2Oc2ccc(F)cc2Br)cc1. The van der Waals surface area contributed by atoms with E-state index in [1.807, 2.05) is 0 Å². The highest BCUT2D eigenvalue weighted by atomic mass is 79.9. The van der Waals surface area contributed by atoms with Crippen LogP contribution in [0, 0.1) is 5.82 Å². The molecule has 0 aliphatic rings. The molecule has 6 nitrogen and oxygen atoms in total. The number of hydrogen-bond donors (Lipinski definition) is 1. The lowest BCUT2D eigenvalue weighted by Crippen LogP contribution is -2.22. The molecule has 0 radical (unpaired) electrons. The van der Waals surface area contributed by atoms with Gasteiger partial charge in [0.15, 0.2) is 0 Å². The number of anilines is 2. The molecule has 0 fully saturated rings. The van der Waals surface area contributed by atoms with Gasteiger partial charge < -0.3 is 15.0 Å². The lowest BCUT2D eigenvalue weighted by Gasteiger charge is -2.15. The minimum atomic E-state index is -0.418. The van der Waals surface area contributed by atoms with E-state index in [1.165, 1.54) is 36.2 Å². The zero-order valence-corrected chi connectivity index (χ0v) is 17.2. The van der Waals surface area contributed by atoms with E-state index in [4.69, 9.17) is 4.74 Å². The van der Waals surface area contributed by atoms with Crippen molar-refractivity contribution in [2.45, 2.75) is 6.92 Å². The van der Waals surface area contributed by atoms with E-state index in [9.17, 15) is 14.0 Å². The zero-order valence-electron chi connectivity index (χ0n) is 15.6. The first-order chi connectivity index (χ1) is 13.8. The van der Waals surface area contributed by atoms with Crippen LogP contribution in [-0.4, -0.2) is 23.8 Å². The fourth-order valence-electron chi connectivity index (χ4n) is 2.46. The summed E-state index contributed by atoms with van der Waals surface area (Å²) in [4.78, 5) is 29.8. The van der Waals surface area contributed by atoms with Gasteiger partial charge in [0.1, 0.15) is 17.1 Å². The quantitative estimate of drug-likeness (QED) is 0.584. The number of rotatable bonds is 5. The Morgan fingerprint density at radius 1 is 1.14 bits per heavy atom. The number of amides is 2. The van der Waals surface area contributed by atoms with Crippen LogP contribution in [0.2, 0.25) is 0 Å². The Morgan fingerprint density at radius 2 is 1.86 bits per heavy atom. The summed E-state index contributed by atoms with van der Waals surface area (Å²) in [5, 5.41) is 2.77. The summed E-state index contributed by atoms with van der Waals surface area (Å²) in [7, 11) is 1.67. The Hall–Kier alpha value is -3.26. The third-order valence-corrected chi connectivity index (χ3v) is 4.72. The number of halogens is 2. The van der Waals surface area contributed by atoms with E-state index in [0.717, 1.165) is 0 Å². The predicted molar refractivity (Wildman–Crippen MR) is 112 cm³/mol. The summed E-state index contributed by atoms with van der Waals surface area (Å²) in [6.07, 6.45) is 1.50. The van der Waals surface area contributed by atoms with E-state index in [2.05, 4.69) is 26.2 Å². The molecule has 0 aliphatic heterocycles. The van der Waals surface area contributed by atoms with Gasteiger partial charge in [0, 0.05) is 31.5 Å². The monoisotopic (exact) mass is 457 g/mol. The standard InChI is InChI=1S/C21H17BrFN3O3/c1-13(27)26(2)16-8-6-15(7-9-16)25-20(28)17-4-3-11-24-21(17)29-19-10-5-14(23)12-18(19)22/h3-12H,1-2H3,(H,25,28). The van der Waals surface area contributed by atoms with E-state index in [1.54, 1.807) is 43.4 Å². The van der Waals surface area contributed by atoms with Crippen molar-refractivity contribution >= 4 is 39.1 Å². The smallest absolute Gasteiger partial charge is 0.261 e. The van der Waals surface area contributed by atoms with Gasteiger partial charge in [-0.25, -0.2) is 9.37 Å². The second kappa shape index (κ2) is 8.83. The number of aromatic nitrogens is 1. The van der Waals surface area contributed by atoms with Crippen LogP contribution >= 0.6 is 15.9 Å². The highest BCUT2D eigenvalue weighted by Gasteiger charge is 2.16. The highest BCUT2D eigenvalue weighted by Crippen LogP contribution is 2.31. The summed E-state index contributed by atoms with van der Waals surface area (Å²) in [6.45, 7) is 1.47. The first-order valence-electron chi connectivity index (χ1n) is 8.59. The topological polar surface area (TPSA) is 71.5 Å². The molecule has 2 amide bonds. The Bertz CT molecular complexity index is 1060. The summed E-state index contributed by atoms with van der Waals surface area (Å²) in [5.74, 6) is -0.506. The summed E-state index contributed by atoms with van der Waals surface area (Å²) in [6, 6.07) is 14.0. The van der Waals surface area contributed by atoms with Crippen molar-refractivity contribution in [3.05, 3.63) is 76.6 Å². The van der Waals surface area contributed by atoms with Crippen molar-refractivity contribution in [1.29, 1.82) is 0 Å². The molecule has 0 unspecified atom stereocenters. The van der Waals surface area contributed by atoms with Crippen LogP contribution in [0.5, 0.6) is 11.6 Å². The van der Waals surface area contributed by atoms with Gasteiger partial charge in [-0.2, -0.15) is 0 Å². The van der Waals surface area contributed by atoms with E-state index >= 15 is 0 Å². The molecule has 8 heteroatoms. The number of nitrogens with zero attached hydrogens (tertiary/aromatic N) is 2. The molecular weight excluding hydrogens is 441 g/mol. The third-order valence-electron chi connectivity index (χ3n) is 4.10. The number of pyridine rings is 1. The number of hydrogen-bond acceptors (Lipinski definition) is 4. The Morgan fingerprint density at radius 3 is 2.52 bits per heavy atom. The second-order valence-corrected chi connectivity index (χ2v) is 6.97. The highest BCUT2D eigenvalue weighted by molar-refractivity contribution is 9.10. The molecule has 3 rings (SSSR count). The van der Waals surface area contributed by atoms with Gasteiger partial charge in [-0.1, -0.05) is 0 Å². The van der Waals surface area contributed by atoms with Crippen molar-refractivity contribution in [1.82, 2.24) is 4.98 Å². The summed E-state index contributed by atoms with van der Waals surface area (Å²) < 4.78 is 19.4. The summed E-state index contributed by atoms with van der Waals surface area (Å²) in [5.41, 5.74) is 1.48. The maximum atomic E-state index is 13.3. The van der Waals surface area contributed by atoms with Gasteiger partial charge in [-0.3, -0.25) is 9.59 Å². The molecule has 1 aromatic heterocycles. The molecule has 0 spiro atoms. The molecule has 1 N–H and O–H groups in total. The Balaban J connectivity index is 1.79. The Labute approximate surface area is 175 Å². The number of benzene rings is 2. The first-order valence-corrected chi connectivity index (χ1v) is 9.38. The van der Waals surface area contributed by atoms with Crippen LogP contribution < -0.4 is 15.0 Å². The maximum absolute atomic E-state index is 13.3. The van der Waals surface area contributed by atoms with Crippen LogP contribution in [0.25, 0.3) is 0 Å². The zero-order chi connectivity index (χ0) is 21.0. The molecule has 0 aliphatic carbocycles. The van der Waals surface area contributed by atoms with Gasteiger partial charge >= 0.3 is 0 Å². The number of nitrogens with one attached hydrogen (secondary N) is 1. The number of ether oxygens (including phenoxy) is 1. The Kier molecular flexibility index (Phi) is 6.23. The van der Waals surface area contributed by atoms with Crippen molar-refractivity contribution in [2.24, 2.45) is 0 Å². The van der Waals surface area contributed by atoms with Crippen LogP contribution in [0.1, 0.15) is 17.3 Å². The van der Waals surface area contributed by atoms with E-state index in [-0.39, 0.29) is 17.4 Å². The van der Waals surface area contributed by atoms with Crippen LogP contribution in [0.4, 0.5) is 15.8 Å². The third kappa shape index (κ3) is 4.97. The number of carbonyl (C=O) groups excluding carboxylic acids is 2. The van der Waals surface area contributed by atoms with E-state index < -0.39 is 11.7 Å². The van der Waals surface area contributed by atoms with Crippen molar-refractivity contribution in [2.75, 3.05) is 17.3 Å². The molecule has 1 heterocycles. The molecule has 0 saturated heterocycles. The average Bonchev–Trinajstić information content (AvgIpc) is 2.70. The van der Waals surface area contributed by atoms with Crippen molar-refractivity contribution in [3.63, 3.8) is 0 Å². The van der Waals surface area contributed by atoms with Crippen molar-refractivity contribution < 1.29 is 18.7 Å². The van der Waals surface area contributed by atoms with Gasteiger partial charge in [-0.05, 0) is 70.5 Å². The van der Waals surface area contributed by atoms with Crippen LogP contribution in [0.3, 0.4) is 0 Å². The molecule has 148 valence electrons. The normalized spacial score (nSPS) is 10.3. The fourth-order valence-corrected chi connectivity index (χ4v) is 2.89. The lowest BCUT2D eigenvalue weighted by molar-refractivity contribution is -0.116. The van der Waals surface area contributed by atoms with Gasteiger partial charge in [0.25, 0.3) is 5.91 Å². The average molecular weight is 458 g/mol. The largest absolute Gasteiger partial charge is 0.437 e. The predicted octanol–water partition coefficient (Wildman–Crippen LogP) is 5.01. The summed E-state index contributed by atoms with van der Waals surface area (Å²) >= 11 is 3.23.